The number of aromatic hydroxyl groups is 1. The Balaban J connectivity index is 1.91. The highest BCUT2D eigenvalue weighted by Crippen LogP contribution is 2.25. The lowest BCUT2D eigenvalue weighted by Crippen LogP contribution is -2.23. The van der Waals surface area contributed by atoms with Crippen molar-refractivity contribution in [1.29, 1.82) is 0 Å². The van der Waals surface area contributed by atoms with Crippen LogP contribution in [0.4, 0.5) is 0 Å². The molecule has 1 unspecified atom stereocenters. The highest BCUT2D eigenvalue weighted by atomic mass is 16.5. The van der Waals surface area contributed by atoms with Gasteiger partial charge in [-0.1, -0.05) is 30.3 Å². The fourth-order valence-corrected chi connectivity index (χ4v) is 1.92. The molecular weight excluding hydrogens is 230 g/mol. The summed E-state index contributed by atoms with van der Waals surface area (Å²) in [4.78, 5) is 3.96. The van der Waals surface area contributed by atoms with Crippen LogP contribution in [0.25, 0.3) is 0 Å². The van der Waals surface area contributed by atoms with Crippen LogP contribution in [0.15, 0.2) is 35.1 Å². The van der Waals surface area contributed by atoms with E-state index in [9.17, 15) is 5.11 Å². The van der Waals surface area contributed by atoms with Crippen LogP contribution in [0.5, 0.6) is 5.75 Å². The van der Waals surface area contributed by atoms with Crippen molar-refractivity contribution < 1.29 is 9.63 Å². The predicted octanol–water partition coefficient (Wildman–Crippen LogP) is 2.06. The van der Waals surface area contributed by atoms with Gasteiger partial charge in [-0.05, 0) is 12.5 Å². The van der Waals surface area contributed by atoms with Crippen LogP contribution in [-0.4, -0.2) is 21.8 Å². The van der Waals surface area contributed by atoms with Crippen molar-refractivity contribution in [2.45, 2.75) is 25.8 Å². The van der Waals surface area contributed by atoms with Crippen LogP contribution in [0, 0.1) is 0 Å². The quantitative estimate of drug-likeness (QED) is 0.817. The smallest absolute Gasteiger partial charge is 0.227 e. The summed E-state index contributed by atoms with van der Waals surface area (Å²) < 4.78 is 4.93. The Morgan fingerprint density at radius 2 is 2.22 bits per heavy atom. The van der Waals surface area contributed by atoms with Crippen molar-refractivity contribution >= 4 is 0 Å². The second-order valence-corrected chi connectivity index (χ2v) is 4.06. The van der Waals surface area contributed by atoms with Crippen LogP contribution in [-0.2, 0) is 6.42 Å². The lowest BCUT2D eigenvalue weighted by Gasteiger charge is -2.17. The lowest BCUT2D eigenvalue weighted by atomic mass is 10.0. The zero-order valence-electron chi connectivity index (χ0n) is 10.3. The molecule has 1 atom stereocenters. The molecule has 0 fully saturated rings. The summed E-state index contributed by atoms with van der Waals surface area (Å²) in [5.74, 6) is 0.948. The molecule has 1 heterocycles. The maximum atomic E-state index is 9.81. The van der Waals surface area contributed by atoms with E-state index in [1.54, 1.807) is 6.07 Å². The maximum absolute atomic E-state index is 9.81. The summed E-state index contributed by atoms with van der Waals surface area (Å²) in [5.41, 5.74) is 0.922. The van der Waals surface area contributed by atoms with E-state index in [0.29, 0.717) is 18.1 Å². The molecule has 2 aromatic rings. The van der Waals surface area contributed by atoms with Gasteiger partial charge in [-0.2, -0.15) is 4.98 Å². The summed E-state index contributed by atoms with van der Waals surface area (Å²) in [7, 11) is 0. The minimum atomic E-state index is 0.133. The van der Waals surface area contributed by atoms with Gasteiger partial charge in [-0.25, -0.2) is 0 Å². The number of hydrogen-bond acceptors (Lipinski definition) is 5. The Kier molecular flexibility index (Phi) is 4.30. The minimum absolute atomic E-state index is 0.133. The topological polar surface area (TPSA) is 71.2 Å². The summed E-state index contributed by atoms with van der Waals surface area (Å²) in [6.07, 6.45) is 2.99. The molecule has 0 amide bonds. The van der Waals surface area contributed by atoms with Crippen molar-refractivity contribution in [3.63, 3.8) is 0 Å². The molecular formula is C13H17N3O2. The molecule has 0 saturated heterocycles. The fraction of sp³-hybridized carbons (Fsp3) is 0.385. The van der Waals surface area contributed by atoms with Gasteiger partial charge in [-0.15, -0.1) is 0 Å². The Labute approximate surface area is 106 Å². The van der Waals surface area contributed by atoms with Gasteiger partial charge in [0.1, 0.15) is 5.75 Å². The summed E-state index contributed by atoms with van der Waals surface area (Å²) in [6, 6.07) is 7.52. The average molecular weight is 247 g/mol. The molecule has 0 aliphatic rings. The van der Waals surface area contributed by atoms with E-state index in [-0.39, 0.29) is 6.04 Å². The van der Waals surface area contributed by atoms with Crippen LogP contribution >= 0.6 is 0 Å². The van der Waals surface area contributed by atoms with Gasteiger partial charge in [0.2, 0.25) is 5.89 Å². The monoisotopic (exact) mass is 247 g/mol. The third-order valence-corrected chi connectivity index (χ3v) is 2.86. The van der Waals surface area contributed by atoms with Gasteiger partial charge in [0, 0.05) is 24.6 Å². The molecule has 5 nitrogen and oxygen atoms in total. The van der Waals surface area contributed by atoms with Gasteiger partial charge in [0.05, 0.1) is 0 Å². The minimum Gasteiger partial charge on any atom is -0.508 e. The average Bonchev–Trinajstić information content (AvgIpc) is 2.89. The third kappa shape index (κ3) is 3.07. The molecule has 2 N–H and O–H groups in total. The number of para-hydroxylation sites is 1. The second-order valence-electron chi connectivity index (χ2n) is 4.06. The predicted molar refractivity (Wildman–Crippen MR) is 67.1 cm³/mol. The van der Waals surface area contributed by atoms with Crippen molar-refractivity contribution in [2.75, 3.05) is 6.54 Å². The molecule has 18 heavy (non-hydrogen) atoms. The largest absolute Gasteiger partial charge is 0.508 e. The highest BCUT2D eigenvalue weighted by molar-refractivity contribution is 5.34. The molecule has 5 heteroatoms. The van der Waals surface area contributed by atoms with E-state index in [0.717, 1.165) is 18.5 Å². The van der Waals surface area contributed by atoms with Crippen molar-refractivity contribution in [3.05, 3.63) is 42.0 Å². The van der Waals surface area contributed by atoms with Crippen molar-refractivity contribution in [2.24, 2.45) is 0 Å². The Morgan fingerprint density at radius 3 is 2.89 bits per heavy atom. The molecule has 1 aromatic carbocycles. The number of aromatic nitrogens is 2. The van der Waals surface area contributed by atoms with Crippen LogP contribution < -0.4 is 5.32 Å². The highest BCUT2D eigenvalue weighted by Gasteiger charge is 2.12. The molecule has 1 aromatic heterocycles. The molecule has 0 saturated carbocycles. The summed E-state index contributed by atoms with van der Waals surface area (Å²) in [6.45, 7) is 2.81. The Hall–Kier alpha value is -1.88. The first kappa shape index (κ1) is 12.6. The number of benzene rings is 1. The van der Waals surface area contributed by atoms with Gasteiger partial charge in [-0.3, -0.25) is 0 Å². The molecule has 96 valence electrons. The van der Waals surface area contributed by atoms with Gasteiger partial charge in [0.15, 0.2) is 6.33 Å². The van der Waals surface area contributed by atoms with Crippen LogP contribution in [0.2, 0.25) is 0 Å². The van der Waals surface area contributed by atoms with Crippen molar-refractivity contribution in [1.82, 2.24) is 15.5 Å². The van der Waals surface area contributed by atoms with Gasteiger partial charge >= 0.3 is 0 Å². The maximum Gasteiger partial charge on any atom is 0.227 e. The molecule has 0 aliphatic carbocycles. The van der Waals surface area contributed by atoms with E-state index in [1.165, 1.54) is 6.33 Å². The molecule has 0 spiro atoms. The second kappa shape index (κ2) is 6.16. The Morgan fingerprint density at radius 1 is 1.39 bits per heavy atom. The third-order valence-electron chi connectivity index (χ3n) is 2.86. The Bertz CT molecular complexity index is 471. The van der Waals surface area contributed by atoms with Gasteiger partial charge < -0.3 is 14.9 Å². The number of phenols is 1. The lowest BCUT2D eigenvalue weighted by molar-refractivity contribution is 0.369. The number of nitrogens with one attached hydrogen (secondary N) is 1. The first-order chi connectivity index (χ1) is 8.81. The van der Waals surface area contributed by atoms with Gasteiger partial charge in [0.25, 0.3) is 0 Å². The van der Waals surface area contributed by atoms with Crippen molar-refractivity contribution in [3.8, 4) is 5.75 Å². The first-order valence-corrected chi connectivity index (χ1v) is 6.08. The standard InChI is InChI=1S/C13H17N3O2/c1-2-11(10-5-3-4-6-12(10)17)14-8-7-13-15-9-16-18-13/h3-6,9,11,14,17H,2,7-8H2,1H3. The van der Waals surface area contributed by atoms with Crippen LogP contribution in [0.3, 0.4) is 0 Å². The number of phenolic OH excluding ortho intramolecular Hbond substituents is 1. The number of rotatable bonds is 6. The molecule has 0 aliphatic heterocycles. The summed E-state index contributed by atoms with van der Waals surface area (Å²) >= 11 is 0. The van der Waals surface area contributed by atoms with Crippen LogP contribution in [0.1, 0.15) is 30.8 Å². The zero-order valence-corrected chi connectivity index (χ0v) is 10.3. The SMILES string of the molecule is CCC(NCCc1ncno1)c1ccccc1O. The summed E-state index contributed by atoms with van der Waals surface area (Å²) in [5, 5.41) is 16.8. The first-order valence-electron chi connectivity index (χ1n) is 6.08. The fourth-order valence-electron chi connectivity index (χ4n) is 1.92. The normalized spacial score (nSPS) is 12.5. The van der Waals surface area contributed by atoms with E-state index < -0.39 is 0 Å². The molecule has 2 rings (SSSR count). The van der Waals surface area contributed by atoms with E-state index in [1.807, 2.05) is 18.2 Å². The van der Waals surface area contributed by atoms with E-state index in [4.69, 9.17) is 4.52 Å². The van der Waals surface area contributed by atoms with E-state index in [2.05, 4.69) is 22.4 Å². The molecule has 0 radical (unpaired) electrons. The zero-order chi connectivity index (χ0) is 12.8. The number of nitrogens with zero attached hydrogens (tertiary/aromatic N) is 2. The van der Waals surface area contributed by atoms with E-state index >= 15 is 0 Å². The molecule has 0 bridgehead atoms. The number of hydrogen-bond donors (Lipinski definition) is 2.